The van der Waals surface area contributed by atoms with Crippen LogP contribution in [0.3, 0.4) is 0 Å². The molecule has 7 nitrogen and oxygen atoms in total. The van der Waals surface area contributed by atoms with Crippen molar-refractivity contribution in [1.29, 1.82) is 0 Å². The van der Waals surface area contributed by atoms with Crippen molar-refractivity contribution < 1.29 is 18.0 Å². The van der Waals surface area contributed by atoms with Crippen molar-refractivity contribution in [2.75, 3.05) is 24.7 Å². The van der Waals surface area contributed by atoms with Crippen LogP contribution in [0.15, 0.2) is 18.2 Å². The number of rotatable bonds is 5. The van der Waals surface area contributed by atoms with Gasteiger partial charge in [-0.2, -0.15) is 0 Å². The van der Waals surface area contributed by atoms with Crippen LogP contribution in [0.4, 0.5) is 5.69 Å². The molecule has 0 aromatic heterocycles. The molecule has 0 radical (unpaired) electrons. The minimum absolute atomic E-state index is 0.0639. The van der Waals surface area contributed by atoms with Crippen LogP contribution in [-0.4, -0.2) is 49.9 Å². The highest BCUT2D eigenvalue weighted by molar-refractivity contribution is 7.88. The van der Waals surface area contributed by atoms with Gasteiger partial charge in [-0.05, 0) is 56.4 Å². The van der Waals surface area contributed by atoms with Gasteiger partial charge in [0.1, 0.15) is 0 Å². The maximum Gasteiger partial charge on any atom is 0.251 e. The zero-order chi connectivity index (χ0) is 21.0. The lowest BCUT2D eigenvalue weighted by Crippen LogP contribution is -2.40. The largest absolute Gasteiger partial charge is 0.349 e. The Hall–Kier alpha value is -1.93. The normalized spacial score (nSPS) is 19.7. The van der Waals surface area contributed by atoms with Crippen LogP contribution in [0.5, 0.6) is 0 Å². The third-order valence-corrected chi connectivity index (χ3v) is 7.28. The molecule has 160 valence electrons. The molecule has 1 saturated carbocycles. The van der Waals surface area contributed by atoms with Gasteiger partial charge in [-0.1, -0.05) is 19.3 Å². The molecule has 29 heavy (non-hydrogen) atoms. The monoisotopic (exact) mass is 421 g/mol. The van der Waals surface area contributed by atoms with Gasteiger partial charge in [0, 0.05) is 36.3 Å². The summed E-state index contributed by atoms with van der Waals surface area (Å²) in [6.07, 6.45) is 7.87. The number of carbonyl (C=O) groups is 2. The molecule has 1 saturated heterocycles. The predicted molar refractivity (Wildman–Crippen MR) is 113 cm³/mol. The lowest BCUT2D eigenvalue weighted by molar-refractivity contribution is -0.120. The fourth-order valence-electron chi connectivity index (χ4n) is 4.15. The van der Waals surface area contributed by atoms with E-state index in [9.17, 15) is 18.0 Å². The van der Waals surface area contributed by atoms with Gasteiger partial charge in [0.2, 0.25) is 15.9 Å². The lowest BCUT2D eigenvalue weighted by atomic mass is 9.95. The van der Waals surface area contributed by atoms with Crippen molar-refractivity contribution in [2.45, 2.75) is 57.9 Å². The number of aryl methyl sites for hydroxylation is 1. The van der Waals surface area contributed by atoms with Crippen molar-refractivity contribution in [1.82, 2.24) is 9.62 Å². The Morgan fingerprint density at radius 1 is 1.03 bits per heavy atom. The second kappa shape index (κ2) is 9.26. The lowest BCUT2D eigenvalue weighted by Gasteiger charge is -2.29. The van der Waals surface area contributed by atoms with E-state index >= 15 is 0 Å². The zero-order valence-corrected chi connectivity index (χ0v) is 18.1. The van der Waals surface area contributed by atoms with Crippen LogP contribution in [0.25, 0.3) is 0 Å². The highest BCUT2D eigenvalue weighted by Crippen LogP contribution is 2.23. The minimum Gasteiger partial charge on any atom is -0.349 e. The molecule has 2 fully saturated rings. The highest BCUT2D eigenvalue weighted by atomic mass is 32.2. The molecule has 1 aliphatic carbocycles. The number of nitrogens with one attached hydrogen (secondary N) is 2. The Balaban J connectivity index is 1.56. The number of carbonyl (C=O) groups excluding carboxylic acids is 2. The Labute approximate surface area is 173 Å². The molecule has 0 bridgehead atoms. The smallest absolute Gasteiger partial charge is 0.251 e. The molecule has 8 heteroatoms. The average molecular weight is 422 g/mol. The van der Waals surface area contributed by atoms with E-state index in [1.54, 1.807) is 18.2 Å². The topological polar surface area (TPSA) is 95.6 Å². The first kappa shape index (κ1) is 21.8. The van der Waals surface area contributed by atoms with Crippen molar-refractivity contribution in [3.63, 3.8) is 0 Å². The van der Waals surface area contributed by atoms with E-state index < -0.39 is 10.0 Å². The van der Waals surface area contributed by atoms with Gasteiger partial charge in [0.05, 0.1) is 6.26 Å². The van der Waals surface area contributed by atoms with Crippen LogP contribution in [0.2, 0.25) is 0 Å². The number of sulfonamides is 1. The predicted octanol–water partition coefficient (Wildman–Crippen LogP) is 2.67. The second-order valence-corrected chi connectivity index (χ2v) is 10.2. The maximum absolute atomic E-state index is 12.6. The summed E-state index contributed by atoms with van der Waals surface area (Å²) in [5.74, 6) is -0.367. The molecule has 1 aromatic rings. The molecule has 1 aliphatic heterocycles. The number of piperidine rings is 1. The van der Waals surface area contributed by atoms with Crippen molar-refractivity contribution >= 4 is 27.5 Å². The standard InChI is InChI=1S/C21H31N3O4S/c1-15-14-17(21(26)22-18-6-4-3-5-7-18)8-9-19(15)23-20(25)16-10-12-24(13-11-16)29(2,27)28/h8-9,14,16,18H,3-7,10-13H2,1-2H3,(H,22,26)(H,23,25). The summed E-state index contributed by atoms with van der Waals surface area (Å²) in [4.78, 5) is 25.1. The summed E-state index contributed by atoms with van der Waals surface area (Å²) in [7, 11) is -3.20. The fraction of sp³-hybridized carbons (Fsp3) is 0.619. The first-order chi connectivity index (χ1) is 13.7. The van der Waals surface area contributed by atoms with E-state index in [0.717, 1.165) is 31.2 Å². The summed E-state index contributed by atoms with van der Waals surface area (Å²) in [5, 5.41) is 6.05. The summed E-state index contributed by atoms with van der Waals surface area (Å²) in [5.41, 5.74) is 2.13. The molecular formula is C21H31N3O4S. The molecule has 0 atom stereocenters. The van der Waals surface area contributed by atoms with E-state index in [1.165, 1.54) is 17.0 Å². The van der Waals surface area contributed by atoms with Gasteiger partial charge in [-0.15, -0.1) is 0 Å². The molecule has 0 spiro atoms. The van der Waals surface area contributed by atoms with Crippen LogP contribution in [0, 0.1) is 12.8 Å². The fourth-order valence-corrected chi connectivity index (χ4v) is 5.02. The Morgan fingerprint density at radius 3 is 2.28 bits per heavy atom. The van der Waals surface area contributed by atoms with Gasteiger partial charge in [0.15, 0.2) is 0 Å². The summed E-state index contributed by atoms with van der Waals surface area (Å²) >= 11 is 0. The third-order valence-electron chi connectivity index (χ3n) is 5.98. The number of nitrogens with zero attached hydrogens (tertiary/aromatic N) is 1. The second-order valence-electron chi connectivity index (χ2n) is 8.26. The van der Waals surface area contributed by atoms with Gasteiger partial charge in [0.25, 0.3) is 5.91 Å². The van der Waals surface area contributed by atoms with Gasteiger partial charge in [-0.25, -0.2) is 12.7 Å². The molecule has 1 heterocycles. The van der Waals surface area contributed by atoms with E-state index in [2.05, 4.69) is 10.6 Å². The van der Waals surface area contributed by atoms with Crippen LogP contribution < -0.4 is 10.6 Å². The molecular weight excluding hydrogens is 390 g/mol. The number of anilines is 1. The van der Waals surface area contributed by atoms with E-state index in [4.69, 9.17) is 0 Å². The molecule has 3 rings (SSSR count). The number of hydrogen-bond acceptors (Lipinski definition) is 4. The van der Waals surface area contributed by atoms with Gasteiger partial charge < -0.3 is 10.6 Å². The molecule has 2 aliphatic rings. The first-order valence-corrected chi connectivity index (χ1v) is 12.3. The Bertz CT molecular complexity index is 855. The third kappa shape index (κ3) is 5.79. The number of amides is 2. The average Bonchev–Trinajstić information content (AvgIpc) is 2.69. The maximum atomic E-state index is 12.6. The highest BCUT2D eigenvalue weighted by Gasteiger charge is 2.29. The van der Waals surface area contributed by atoms with Crippen molar-refractivity contribution in [3.05, 3.63) is 29.3 Å². The quantitative estimate of drug-likeness (QED) is 0.764. The van der Waals surface area contributed by atoms with Gasteiger partial charge >= 0.3 is 0 Å². The van der Waals surface area contributed by atoms with Crippen molar-refractivity contribution in [3.8, 4) is 0 Å². The molecule has 0 unspecified atom stereocenters. The van der Waals surface area contributed by atoms with E-state index in [1.807, 2.05) is 6.92 Å². The molecule has 2 amide bonds. The van der Waals surface area contributed by atoms with Crippen LogP contribution in [0.1, 0.15) is 60.9 Å². The zero-order valence-electron chi connectivity index (χ0n) is 17.2. The van der Waals surface area contributed by atoms with Crippen LogP contribution >= 0.6 is 0 Å². The van der Waals surface area contributed by atoms with Crippen molar-refractivity contribution in [2.24, 2.45) is 5.92 Å². The Kier molecular flexibility index (Phi) is 6.95. The summed E-state index contributed by atoms with van der Waals surface area (Å²) < 4.78 is 24.6. The summed E-state index contributed by atoms with van der Waals surface area (Å²) in [6, 6.07) is 5.58. The van der Waals surface area contributed by atoms with E-state index in [-0.39, 0.29) is 23.8 Å². The minimum atomic E-state index is -3.20. The van der Waals surface area contributed by atoms with Gasteiger partial charge in [-0.3, -0.25) is 9.59 Å². The van der Waals surface area contributed by atoms with E-state index in [0.29, 0.717) is 37.2 Å². The van der Waals surface area contributed by atoms with Crippen LogP contribution in [-0.2, 0) is 14.8 Å². The number of hydrogen-bond donors (Lipinski definition) is 2. The summed E-state index contributed by atoms with van der Waals surface area (Å²) in [6.45, 7) is 2.62. The Morgan fingerprint density at radius 2 is 1.69 bits per heavy atom. The molecule has 1 aromatic carbocycles. The first-order valence-electron chi connectivity index (χ1n) is 10.4. The SMILES string of the molecule is Cc1cc(C(=O)NC2CCCCC2)ccc1NC(=O)C1CCN(S(C)(=O)=O)CC1. The number of benzene rings is 1. The molecule has 2 N–H and O–H groups in total.